The van der Waals surface area contributed by atoms with Crippen molar-refractivity contribution < 1.29 is 14.3 Å². The Balaban J connectivity index is 1.47. The first-order valence-corrected chi connectivity index (χ1v) is 9.77. The van der Waals surface area contributed by atoms with E-state index in [1.54, 1.807) is 24.3 Å². The normalized spacial score (nSPS) is 10.3. The van der Waals surface area contributed by atoms with Gasteiger partial charge in [0.2, 0.25) is 0 Å². The maximum Gasteiger partial charge on any atom is 0.337 e. The highest BCUT2D eigenvalue weighted by Gasteiger charge is 2.09. The average molecular weight is 395 g/mol. The van der Waals surface area contributed by atoms with Crippen molar-refractivity contribution in [1.82, 2.24) is 10.3 Å². The van der Waals surface area contributed by atoms with Gasteiger partial charge in [-0.1, -0.05) is 42.5 Å². The van der Waals surface area contributed by atoms with E-state index < -0.39 is 0 Å². The largest absolute Gasteiger partial charge is 0.465 e. The number of urea groups is 1. The maximum absolute atomic E-state index is 12.0. The summed E-state index contributed by atoms with van der Waals surface area (Å²) >= 11 is 1.35. The fourth-order valence-corrected chi connectivity index (χ4v) is 3.35. The van der Waals surface area contributed by atoms with Crippen LogP contribution in [0.15, 0.2) is 60.0 Å². The Morgan fingerprint density at radius 1 is 1.07 bits per heavy atom. The van der Waals surface area contributed by atoms with Crippen molar-refractivity contribution in [2.75, 3.05) is 19.0 Å². The number of hydrogen-bond acceptors (Lipinski definition) is 5. The number of esters is 1. The number of benzene rings is 2. The van der Waals surface area contributed by atoms with Gasteiger partial charge in [-0.3, -0.25) is 5.32 Å². The maximum atomic E-state index is 12.0. The third-order valence-electron chi connectivity index (χ3n) is 4.10. The van der Waals surface area contributed by atoms with Crippen LogP contribution in [0.3, 0.4) is 0 Å². The van der Waals surface area contributed by atoms with Crippen LogP contribution in [0, 0.1) is 0 Å². The minimum Gasteiger partial charge on any atom is -0.465 e. The summed E-state index contributed by atoms with van der Waals surface area (Å²) in [5.41, 5.74) is 3.34. The van der Waals surface area contributed by atoms with Crippen LogP contribution >= 0.6 is 11.3 Å². The number of aryl methyl sites for hydroxylation is 1. The van der Waals surface area contributed by atoms with E-state index in [1.165, 1.54) is 24.0 Å². The van der Waals surface area contributed by atoms with Gasteiger partial charge in [-0.15, -0.1) is 11.3 Å². The number of nitrogens with one attached hydrogen (secondary N) is 2. The molecule has 2 aromatic carbocycles. The second kappa shape index (κ2) is 9.66. The summed E-state index contributed by atoms with van der Waals surface area (Å²) < 4.78 is 4.69. The van der Waals surface area contributed by atoms with E-state index in [0.29, 0.717) is 17.2 Å². The van der Waals surface area contributed by atoms with Crippen molar-refractivity contribution in [1.29, 1.82) is 0 Å². The van der Waals surface area contributed by atoms with Crippen LogP contribution in [0.1, 0.15) is 22.3 Å². The van der Waals surface area contributed by atoms with Crippen LogP contribution in [0.4, 0.5) is 9.93 Å². The van der Waals surface area contributed by atoms with Gasteiger partial charge in [-0.25, -0.2) is 14.6 Å². The zero-order valence-electron chi connectivity index (χ0n) is 15.5. The summed E-state index contributed by atoms with van der Waals surface area (Å²) in [5.74, 6) is -0.379. The van der Waals surface area contributed by atoms with E-state index in [-0.39, 0.29) is 12.0 Å². The van der Waals surface area contributed by atoms with Gasteiger partial charge in [0.15, 0.2) is 5.13 Å². The topological polar surface area (TPSA) is 80.3 Å². The predicted octanol–water partition coefficient (Wildman–Crippen LogP) is 4.35. The van der Waals surface area contributed by atoms with E-state index >= 15 is 0 Å². The Morgan fingerprint density at radius 3 is 2.54 bits per heavy atom. The molecule has 0 aliphatic heterocycles. The summed E-state index contributed by atoms with van der Waals surface area (Å²) in [6.07, 6.45) is 1.79. The molecule has 0 radical (unpaired) electrons. The first-order chi connectivity index (χ1) is 13.7. The monoisotopic (exact) mass is 395 g/mol. The molecule has 0 saturated carbocycles. The molecule has 6 nitrogen and oxygen atoms in total. The third-order valence-corrected chi connectivity index (χ3v) is 4.85. The van der Waals surface area contributed by atoms with Gasteiger partial charge in [-0.05, 0) is 30.5 Å². The predicted molar refractivity (Wildman–Crippen MR) is 111 cm³/mol. The Bertz CT molecular complexity index is 924. The number of thiazole rings is 1. The second-order valence-electron chi connectivity index (χ2n) is 6.08. The molecule has 0 fully saturated rings. The molecule has 2 N–H and O–H groups in total. The molecule has 28 heavy (non-hydrogen) atoms. The van der Waals surface area contributed by atoms with Gasteiger partial charge >= 0.3 is 12.0 Å². The molecule has 3 rings (SSSR count). The molecule has 144 valence electrons. The zero-order valence-corrected chi connectivity index (χ0v) is 16.3. The lowest BCUT2D eigenvalue weighted by molar-refractivity contribution is 0.0600. The minimum atomic E-state index is -0.379. The molecule has 0 unspecified atom stereocenters. The van der Waals surface area contributed by atoms with Gasteiger partial charge in [0, 0.05) is 17.5 Å². The third kappa shape index (κ3) is 5.40. The lowest BCUT2D eigenvalue weighted by atomic mass is 10.1. The Kier molecular flexibility index (Phi) is 6.75. The van der Waals surface area contributed by atoms with E-state index in [2.05, 4.69) is 32.5 Å². The van der Waals surface area contributed by atoms with Crippen LogP contribution in [0.5, 0.6) is 0 Å². The van der Waals surface area contributed by atoms with Crippen LogP contribution in [-0.4, -0.2) is 30.6 Å². The fourth-order valence-electron chi connectivity index (χ4n) is 2.64. The molecule has 2 amide bonds. The number of carbonyl (C=O) groups excluding carboxylic acids is 2. The number of nitrogens with zero attached hydrogens (tertiary/aromatic N) is 1. The van der Waals surface area contributed by atoms with Gasteiger partial charge in [-0.2, -0.15) is 0 Å². The summed E-state index contributed by atoms with van der Waals surface area (Å²) in [4.78, 5) is 27.9. The minimum absolute atomic E-state index is 0.269. The van der Waals surface area contributed by atoms with Crippen LogP contribution < -0.4 is 10.6 Å². The molecule has 3 aromatic rings. The summed E-state index contributed by atoms with van der Waals surface area (Å²) in [6.45, 7) is 0.591. The highest BCUT2D eigenvalue weighted by molar-refractivity contribution is 7.14. The van der Waals surface area contributed by atoms with Crippen molar-refractivity contribution in [3.05, 3.63) is 71.1 Å². The molecule has 0 aliphatic rings. The first kappa shape index (κ1) is 19.6. The zero-order chi connectivity index (χ0) is 19.8. The summed E-state index contributed by atoms with van der Waals surface area (Å²) in [6, 6.07) is 16.9. The number of ether oxygens (including phenoxy) is 1. The van der Waals surface area contributed by atoms with E-state index in [4.69, 9.17) is 0 Å². The van der Waals surface area contributed by atoms with E-state index in [1.807, 2.05) is 23.6 Å². The Labute approximate surface area is 167 Å². The number of aromatic nitrogens is 1. The SMILES string of the molecule is COC(=O)c1ccc(-c2csc(NC(=O)NCCCc3ccccc3)n2)cc1. The number of methoxy groups -OCH3 is 1. The van der Waals surface area contributed by atoms with Crippen molar-refractivity contribution in [2.24, 2.45) is 0 Å². The summed E-state index contributed by atoms with van der Waals surface area (Å²) in [7, 11) is 1.35. The Morgan fingerprint density at radius 2 is 1.82 bits per heavy atom. The lowest BCUT2D eigenvalue weighted by Crippen LogP contribution is -2.29. The van der Waals surface area contributed by atoms with Crippen LogP contribution in [-0.2, 0) is 11.2 Å². The highest BCUT2D eigenvalue weighted by atomic mass is 32.1. The van der Waals surface area contributed by atoms with E-state index in [0.717, 1.165) is 24.1 Å². The lowest BCUT2D eigenvalue weighted by Gasteiger charge is -2.05. The molecule has 0 aliphatic carbocycles. The molecule has 0 saturated heterocycles. The van der Waals surface area contributed by atoms with Crippen molar-refractivity contribution in [3.63, 3.8) is 0 Å². The van der Waals surface area contributed by atoms with Gasteiger partial charge in [0.25, 0.3) is 0 Å². The highest BCUT2D eigenvalue weighted by Crippen LogP contribution is 2.25. The molecule has 0 atom stereocenters. The standard InChI is InChI=1S/C21H21N3O3S/c1-27-19(25)17-11-9-16(10-12-17)18-14-28-21(23-18)24-20(26)22-13-5-8-15-6-3-2-4-7-15/h2-4,6-7,9-12,14H,5,8,13H2,1H3,(H2,22,23,24,26). The van der Waals surface area contributed by atoms with Crippen LogP contribution in [0.25, 0.3) is 11.3 Å². The van der Waals surface area contributed by atoms with Gasteiger partial charge in [0.1, 0.15) is 0 Å². The van der Waals surface area contributed by atoms with Gasteiger partial charge in [0.05, 0.1) is 18.4 Å². The summed E-state index contributed by atoms with van der Waals surface area (Å²) in [5, 5.41) is 7.97. The van der Waals surface area contributed by atoms with Crippen molar-refractivity contribution in [3.8, 4) is 11.3 Å². The molecule has 0 spiro atoms. The van der Waals surface area contributed by atoms with Crippen molar-refractivity contribution in [2.45, 2.75) is 12.8 Å². The average Bonchev–Trinajstić information content (AvgIpc) is 3.20. The number of amides is 2. The molecular formula is C21H21N3O3S. The quantitative estimate of drug-likeness (QED) is 0.460. The molecular weight excluding hydrogens is 374 g/mol. The molecule has 1 heterocycles. The molecule has 1 aromatic heterocycles. The molecule has 0 bridgehead atoms. The van der Waals surface area contributed by atoms with E-state index in [9.17, 15) is 9.59 Å². The Hall–Kier alpha value is -3.19. The van der Waals surface area contributed by atoms with Crippen molar-refractivity contribution >= 4 is 28.5 Å². The second-order valence-corrected chi connectivity index (χ2v) is 6.93. The number of rotatable bonds is 7. The smallest absolute Gasteiger partial charge is 0.337 e. The first-order valence-electron chi connectivity index (χ1n) is 8.89. The van der Waals surface area contributed by atoms with Gasteiger partial charge < -0.3 is 10.1 Å². The van der Waals surface area contributed by atoms with Crippen LogP contribution in [0.2, 0.25) is 0 Å². The fraction of sp³-hybridized carbons (Fsp3) is 0.190. The number of anilines is 1. The number of carbonyl (C=O) groups is 2. The number of hydrogen-bond donors (Lipinski definition) is 2. The molecule has 7 heteroatoms.